The summed E-state index contributed by atoms with van der Waals surface area (Å²) in [6.07, 6.45) is 1.58. The van der Waals surface area contributed by atoms with Gasteiger partial charge in [-0.05, 0) is 50.0 Å². The van der Waals surface area contributed by atoms with Gasteiger partial charge in [0, 0.05) is 0 Å². The second kappa shape index (κ2) is 4.11. The van der Waals surface area contributed by atoms with E-state index in [1.54, 1.807) is 0 Å². The zero-order valence-corrected chi connectivity index (χ0v) is 8.93. The van der Waals surface area contributed by atoms with E-state index in [-0.39, 0.29) is 0 Å². The fraction of sp³-hybridized carbons (Fsp3) is 0.500. The van der Waals surface area contributed by atoms with Crippen molar-refractivity contribution >= 4 is 0 Å². The first kappa shape index (κ1) is 9.69. The maximum absolute atomic E-state index is 3.51. The first-order valence-corrected chi connectivity index (χ1v) is 5.32. The molecule has 0 saturated carbocycles. The Morgan fingerprint density at radius 2 is 1.64 bits per heavy atom. The third kappa shape index (κ3) is 1.81. The highest BCUT2D eigenvalue weighted by atomic mass is 15.1. The van der Waals surface area contributed by atoms with Gasteiger partial charge < -0.3 is 0 Å². The van der Waals surface area contributed by atoms with Gasteiger partial charge >= 0.3 is 0 Å². The molecular weight excluding hydrogens is 172 g/mol. The number of nitrogens with one attached hydrogen (secondary N) is 2. The molecule has 0 aliphatic carbocycles. The minimum Gasteiger partial charge on any atom is -0.298 e. The Kier molecular flexibility index (Phi) is 2.85. The molecule has 2 nitrogen and oxygen atoms in total. The number of aryl methyl sites for hydroxylation is 2. The summed E-state index contributed by atoms with van der Waals surface area (Å²) >= 11 is 0. The molecule has 1 aromatic carbocycles. The maximum atomic E-state index is 3.51. The van der Waals surface area contributed by atoms with Crippen LogP contribution in [0, 0.1) is 13.8 Å². The highest BCUT2D eigenvalue weighted by Gasteiger charge is 2.16. The van der Waals surface area contributed by atoms with Crippen molar-refractivity contribution in [2.75, 3.05) is 13.1 Å². The Morgan fingerprint density at radius 1 is 1.07 bits per heavy atom. The Labute approximate surface area is 85.7 Å². The van der Waals surface area contributed by atoms with E-state index in [2.05, 4.69) is 42.7 Å². The van der Waals surface area contributed by atoms with E-state index in [1.165, 1.54) is 23.1 Å². The molecule has 0 unspecified atom stereocenters. The predicted octanol–water partition coefficient (Wildman–Crippen LogP) is 1.88. The van der Waals surface area contributed by atoms with Crippen LogP contribution >= 0.6 is 0 Å². The zero-order valence-electron chi connectivity index (χ0n) is 8.93. The minimum absolute atomic E-state index is 0.352. The van der Waals surface area contributed by atoms with Crippen molar-refractivity contribution in [1.82, 2.24) is 10.6 Å². The molecule has 1 aromatic rings. The molecule has 2 heteroatoms. The van der Waals surface area contributed by atoms with Crippen LogP contribution < -0.4 is 10.6 Å². The van der Waals surface area contributed by atoms with Crippen LogP contribution in [0.15, 0.2) is 18.2 Å². The molecule has 1 saturated heterocycles. The Morgan fingerprint density at radius 3 is 2.21 bits per heavy atom. The molecule has 0 bridgehead atoms. The summed E-state index contributed by atoms with van der Waals surface area (Å²) in [7, 11) is 0. The fourth-order valence-corrected chi connectivity index (χ4v) is 2.14. The van der Waals surface area contributed by atoms with Gasteiger partial charge in [0.25, 0.3) is 0 Å². The lowest BCUT2D eigenvalue weighted by Crippen LogP contribution is -2.41. The summed E-state index contributed by atoms with van der Waals surface area (Å²) in [4.78, 5) is 0. The molecule has 1 fully saturated rings. The van der Waals surface area contributed by atoms with E-state index in [4.69, 9.17) is 0 Å². The highest BCUT2D eigenvalue weighted by molar-refractivity contribution is 5.36. The molecule has 0 spiro atoms. The van der Waals surface area contributed by atoms with Gasteiger partial charge in [0.15, 0.2) is 0 Å². The average Bonchev–Trinajstić information content (AvgIpc) is 2.19. The van der Waals surface area contributed by atoms with Gasteiger partial charge in [0.1, 0.15) is 0 Å². The molecule has 76 valence electrons. The third-order valence-corrected chi connectivity index (χ3v) is 2.88. The van der Waals surface area contributed by atoms with Crippen LogP contribution in [0.1, 0.15) is 29.3 Å². The summed E-state index contributed by atoms with van der Waals surface area (Å²) < 4.78 is 0. The van der Waals surface area contributed by atoms with Crippen LogP contribution in [0.25, 0.3) is 0 Å². The van der Waals surface area contributed by atoms with Gasteiger partial charge in [-0.3, -0.25) is 10.6 Å². The Balaban J connectivity index is 2.29. The van der Waals surface area contributed by atoms with Crippen molar-refractivity contribution in [3.05, 3.63) is 34.9 Å². The lowest BCUT2D eigenvalue weighted by molar-refractivity contribution is 0.377. The first-order chi connectivity index (χ1) is 6.79. The maximum Gasteiger partial charge on any atom is 0.0840 e. The van der Waals surface area contributed by atoms with Crippen molar-refractivity contribution in [3.8, 4) is 0 Å². The van der Waals surface area contributed by atoms with Crippen molar-refractivity contribution in [2.24, 2.45) is 0 Å². The lowest BCUT2D eigenvalue weighted by Gasteiger charge is -2.28. The quantitative estimate of drug-likeness (QED) is 0.706. The minimum atomic E-state index is 0.352. The van der Waals surface area contributed by atoms with Crippen LogP contribution in [0.3, 0.4) is 0 Å². The first-order valence-electron chi connectivity index (χ1n) is 5.32. The lowest BCUT2D eigenvalue weighted by atomic mass is 9.99. The fourth-order valence-electron chi connectivity index (χ4n) is 2.14. The molecular formula is C12H18N2. The van der Waals surface area contributed by atoms with Crippen LogP contribution in [0.5, 0.6) is 0 Å². The normalized spacial score (nSPS) is 18.4. The van der Waals surface area contributed by atoms with Crippen molar-refractivity contribution in [1.29, 1.82) is 0 Å². The van der Waals surface area contributed by atoms with E-state index in [9.17, 15) is 0 Å². The second-order valence-corrected chi connectivity index (χ2v) is 4.00. The second-order valence-electron chi connectivity index (χ2n) is 4.00. The van der Waals surface area contributed by atoms with Gasteiger partial charge in [-0.1, -0.05) is 18.2 Å². The van der Waals surface area contributed by atoms with Crippen LogP contribution in [0.2, 0.25) is 0 Å². The van der Waals surface area contributed by atoms with Crippen molar-refractivity contribution in [3.63, 3.8) is 0 Å². The highest BCUT2D eigenvalue weighted by Crippen LogP contribution is 2.20. The third-order valence-electron chi connectivity index (χ3n) is 2.88. The molecule has 2 N–H and O–H groups in total. The van der Waals surface area contributed by atoms with Gasteiger partial charge in [0.05, 0.1) is 6.17 Å². The number of hydrogen-bond donors (Lipinski definition) is 2. The average molecular weight is 190 g/mol. The van der Waals surface area contributed by atoms with Gasteiger partial charge in [0.2, 0.25) is 0 Å². The van der Waals surface area contributed by atoms with E-state index in [0.29, 0.717) is 6.17 Å². The van der Waals surface area contributed by atoms with Crippen LogP contribution in [-0.2, 0) is 0 Å². The van der Waals surface area contributed by atoms with E-state index in [0.717, 1.165) is 13.1 Å². The summed E-state index contributed by atoms with van der Waals surface area (Å²) in [5, 5.41) is 7.01. The zero-order chi connectivity index (χ0) is 9.97. The summed E-state index contributed by atoms with van der Waals surface area (Å²) in [6.45, 7) is 6.59. The van der Waals surface area contributed by atoms with Crippen molar-refractivity contribution < 1.29 is 0 Å². The van der Waals surface area contributed by atoms with Gasteiger partial charge in [-0.15, -0.1) is 0 Å². The van der Waals surface area contributed by atoms with Crippen molar-refractivity contribution in [2.45, 2.75) is 26.4 Å². The predicted molar refractivity (Wildman–Crippen MR) is 59.3 cm³/mol. The molecule has 1 aliphatic heterocycles. The number of rotatable bonds is 1. The molecule has 2 rings (SSSR count). The SMILES string of the molecule is Cc1cccc(C)c1C1NCCCN1. The molecule has 0 amide bonds. The topological polar surface area (TPSA) is 24.1 Å². The number of hydrogen-bond acceptors (Lipinski definition) is 2. The molecule has 0 aromatic heterocycles. The monoisotopic (exact) mass is 190 g/mol. The van der Waals surface area contributed by atoms with Crippen LogP contribution in [-0.4, -0.2) is 13.1 Å². The van der Waals surface area contributed by atoms with E-state index >= 15 is 0 Å². The molecule has 1 heterocycles. The Bertz CT molecular complexity index is 294. The standard InChI is InChI=1S/C12H18N2/c1-9-5-3-6-10(2)11(9)12-13-7-4-8-14-12/h3,5-6,12-14H,4,7-8H2,1-2H3. The summed E-state index contributed by atoms with van der Waals surface area (Å²) in [5.41, 5.74) is 4.17. The molecule has 14 heavy (non-hydrogen) atoms. The van der Waals surface area contributed by atoms with Gasteiger partial charge in [-0.2, -0.15) is 0 Å². The number of benzene rings is 1. The van der Waals surface area contributed by atoms with E-state index < -0.39 is 0 Å². The molecule has 0 radical (unpaired) electrons. The van der Waals surface area contributed by atoms with Gasteiger partial charge in [-0.25, -0.2) is 0 Å². The molecule has 1 aliphatic rings. The Hall–Kier alpha value is -0.860. The summed E-state index contributed by atoms with van der Waals surface area (Å²) in [6, 6.07) is 6.48. The van der Waals surface area contributed by atoms with Crippen LogP contribution in [0.4, 0.5) is 0 Å². The summed E-state index contributed by atoms with van der Waals surface area (Å²) in [5.74, 6) is 0. The molecule has 0 atom stereocenters. The largest absolute Gasteiger partial charge is 0.298 e. The van der Waals surface area contributed by atoms with E-state index in [1.807, 2.05) is 0 Å². The smallest absolute Gasteiger partial charge is 0.0840 e.